The first-order valence-electron chi connectivity index (χ1n) is 4.00. The van der Waals surface area contributed by atoms with Gasteiger partial charge in [0, 0.05) is 11.8 Å². The minimum Gasteiger partial charge on any atom is -0.450 e. The normalized spacial score (nSPS) is 26.6. The van der Waals surface area contributed by atoms with Crippen LogP contribution in [-0.2, 0) is 4.74 Å². The fraction of sp³-hybridized carbons (Fsp3) is 0.667. The van der Waals surface area contributed by atoms with Crippen molar-refractivity contribution in [1.82, 2.24) is 0 Å². The van der Waals surface area contributed by atoms with Gasteiger partial charge in [0.15, 0.2) is 0 Å². The third-order valence-corrected chi connectivity index (χ3v) is 2.20. The summed E-state index contributed by atoms with van der Waals surface area (Å²) in [6.45, 7) is 5.96. The fourth-order valence-electron chi connectivity index (χ4n) is 1.66. The summed E-state index contributed by atoms with van der Waals surface area (Å²) in [5, 5.41) is 8.45. The second kappa shape index (κ2) is 2.81. The summed E-state index contributed by atoms with van der Waals surface area (Å²) in [7, 11) is 0. The van der Waals surface area contributed by atoms with Crippen molar-refractivity contribution in [1.29, 1.82) is 0 Å². The standard InChI is InChI=1S/C9H14O3/c1-6-4-7(12-8(10)11)9(2,3)5-6/h5,7H,4H2,1-3H3,(H,10,11). The first-order chi connectivity index (χ1) is 5.42. The maximum absolute atomic E-state index is 10.3. The van der Waals surface area contributed by atoms with Gasteiger partial charge in [-0.3, -0.25) is 0 Å². The quantitative estimate of drug-likeness (QED) is 0.485. The average molecular weight is 170 g/mol. The summed E-state index contributed by atoms with van der Waals surface area (Å²) in [6.07, 6.45) is 1.39. The molecule has 1 aliphatic carbocycles. The van der Waals surface area contributed by atoms with Crippen LogP contribution in [0.5, 0.6) is 0 Å². The van der Waals surface area contributed by atoms with Crippen LogP contribution < -0.4 is 0 Å². The van der Waals surface area contributed by atoms with E-state index in [2.05, 4.69) is 6.08 Å². The predicted molar refractivity (Wildman–Crippen MR) is 45.1 cm³/mol. The zero-order valence-electron chi connectivity index (χ0n) is 7.63. The topological polar surface area (TPSA) is 46.5 Å². The van der Waals surface area contributed by atoms with Crippen molar-refractivity contribution in [3.8, 4) is 0 Å². The molecule has 1 N–H and O–H groups in total. The molecule has 1 aliphatic rings. The summed E-state index contributed by atoms with van der Waals surface area (Å²) in [4.78, 5) is 10.3. The molecule has 0 aliphatic heterocycles. The van der Waals surface area contributed by atoms with Crippen molar-refractivity contribution in [3.63, 3.8) is 0 Å². The smallest absolute Gasteiger partial charge is 0.450 e. The van der Waals surface area contributed by atoms with Crippen LogP contribution in [0.25, 0.3) is 0 Å². The van der Waals surface area contributed by atoms with Gasteiger partial charge in [-0.15, -0.1) is 0 Å². The Morgan fingerprint density at radius 3 is 2.67 bits per heavy atom. The Balaban J connectivity index is 2.66. The first kappa shape index (κ1) is 9.10. The van der Waals surface area contributed by atoms with Gasteiger partial charge in [0.25, 0.3) is 0 Å². The van der Waals surface area contributed by atoms with Gasteiger partial charge >= 0.3 is 6.16 Å². The maximum atomic E-state index is 10.3. The molecular formula is C9H14O3. The minimum absolute atomic E-state index is 0.150. The summed E-state index contributed by atoms with van der Waals surface area (Å²) >= 11 is 0. The Morgan fingerprint density at radius 1 is 1.75 bits per heavy atom. The van der Waals surface area contributed by atoms with Crippen LogP contribution in [0, 0.1) is 5.41 Å². The highest BCUT2D eigenvalue weighted by Crippen LogP contribution is 2.37. The molecule has 0 aromatic rings. The highest BCUT2D eigenvalue weighted by Gasteiger charge is 2.35. The maximum Gasteiger partial charge on any atom is 0.506 e. The van der Waals surface area contributed by atoms with E-state index in [4.69, 9.17) is 9.84 Å². The molecule has 1 unspecified atom stereocenters. The molecular weight excluding hydrogens is 156 g/mol. The van der Waals surface area contributed by atoms with E-state index in [1.165, 1.54) is 5.57 Å². The molecule has 3 heteroatoms. The number of hydrogen-bond donors (Lipinski definition) is 1. The SMILES string of the molecule is CC1=CC(C)(C)C(OC(=O)O)C1. The van der Waals surface area contributed by atoms with Crippen LogP contribution in [0.1, 0.15) is 27.2 Å². The summed E-state index contributed by atoms with van der Waals surface area (Å²) in [5.41, 5.74) is 1.05. The molecule has 3 nitrogen and oxygen atoms in total. The molecule has 68 valence electrons. The second-order valence-electron chi connectivity index (χ2n) is 3.89. The van der Waals surface area contributed by atoms with Gasteiger partial charge in [-0.25, -0.2) is 4.79 Å². The van der Waals surface area contributed by atoms with E-state index in [1.54, 1.807) is 0 Å². The van der Waals surface area contributed by atoms with E-state index in [9.17, 15) is 4.79 Å². The Hall–Kier alpha value is -0.990. The van der Waals surface area contributed by atoms with E-state index < -0.39 is 6.16 Å². The third kappa shape index (κ3) is 1.78. The van der Waals surface area contributed by atoms with Gasteiger partial charge in [0.05, 0.1) is 0 Å². The molecule has 0 radical (unpaired) electrons. The Kier molecular flexibility index (Phi) is 2.13. The lowest BCUT2D eigenvalue weighted by Crippen LogP contribution is -2.28. The number of hydrogen-bond acceptors (Lipinski definition) is 2. The van der Waals surface area contributed by atoms with Crippen molar-refractivity contribution in [2.75, 3.05) is 0 Å². The number of ether oxygens (including phenoxy) is 1. The second-order valence-corrected chi connectivity index (χ2v) is 3.89. The third-order valence-electron chi connectivity index (χ3n) is 2.20. The fourth-order valence-corrected chi connectivity index (χ4v) is 1.66. The molecule has 0 heterocycles. The predicted octanol–water partition coefficient (Wildman–Crippen LogP) is 2.43. The number of rotatable bonds is 1. The lowest BCUT2D eigenvalue weighted by Gasteiger charge is -2.24. The first-order valence-corrected chi connectivity index (χ1v) is 4.00. The van der Waals surface area contributed by atoms with Crippen LogP contribution in [0.4, 0.5) is 4.79 Å². The van der Waals surface area contributed by atoms with Gasteiger partial charge in [-0.2, -0.15) is 0 Å². The monoisotopic (exact) mass is 170 g/mol. The molecule has 0 amide bonds. The average Bonchev–Trinajstić information content (AvgIpc) is 2.04. The summed E-state index contributed by atoms with van der Waals surface area (Å²) < 4.78 is 4.76. The molecule has 0 aromatic heterocycles. The van der Waals surface area contributed by atoms with Gasteiger partial charge in [0.1, 0.15) is 6.10 Å². The molecule has 0 saturated heterocycles. The highest BCUT2D eigenvalue weighted by atomic mass is 16.7. The van der Waals surface area contributed by atoms with E-state index in [-0.39, 0.29) is 11.5 Å². The lowest BCUT2D eigenvalue weighted by atomic mass is 9.90. The van der Waals surface area contributed by atoms with E-state index in [0.717, 1.165) is 6.42 Å². The highest BCUT2D eigenvalue weighted by molar-refractivity contribution is 5.57. The zero-order chi connectivity index (χ0) is 9.35. The van der Waals surface area contributed by atoms with Crippen LogP contribution >= 0.6 is 0 Å². The molecule has 1 rings (SSSR count). The van der Waals surface area contributed by atoms with Gasteiger partial charge < -0.3 is 9.84 Å². The van der Waals surface area contributed by atoms with E-state index >= 15 is 0 Å². The molecule has 0 spiro atoms. The minimum atomic E-state index is -1.18. The van der Waals surface area contributed by atoms with Crippen molar-refractivity contribution in [2.24, 2.45) is 5.41 Å². The number of carboxylic acid groups (broad SMARTS) is 1. The molecule has 1 atom stereocenters. The zero-order valence-corrected chi connectivity index (χ0v) is 7.63. The van der Waals surface area contributed by atoms with Crippen LogP contribution in [0.3, 0.4) is 0 Å². The van der Waals surface area contributed by atoms with Gasteiger partial charge in [-0.05, 0) is 6.92 Å². The Bertz CT molecular complexity index is 228. The molecule has 0 aromatic carbocycles. The Morgan fingerprint density at radius 2 is 2.33 bits per heavy atom. The molecule has 0 saturated carbocycles. The van der Waals surface area contributed by atoms with Crippen LogP contribution in [0.15, 0.2) is 11.6 Å². The van der Waals surface area contributed by atoms with Crippen molar-refractivity contribution < 1.29 is 14.6 Å². The molecule has 12 heavy (non-hydrogen) atoms. The van der Waals surface area contributed by atoms with Crippen molar-refractivity contribution >= 4 is 6.16 Å². The van der Waals surface area contributed by atoms with Gasteiger partial charge in [-0.1, -0.05) is 25.5 Å². The Labute approximate surface area is 72.0 Å². The largest absolute Gasteiger partial charge is 0.506 e. The van der Waals surface area contributed by atoms with E-state index in [1.807, 2.05) is 20.8 Å². The molecule has 0 bridgehead atoms. The summed E-state index contributed by atoms with van der Waals surface area (Å²) in [5.74, 6) is 0. The van der Waals surface area contributed by atoms with Crippen molar-refractivity contribution in [2.45, 2.75) is 33.3 Å². The van der Waals surface area contributed by atoms with Crippen molar-refractivity contribution in [3.05, 3.63) is 11.6 Å². The molecule has 0 fully saturated rings. The van der Waals surface area contributed by atoms with E-state index in [0.29, 0.717) is 0 Å². The van der Waals surface area contributed by atoms with Gasteiger partial charge in [0.2, 0.25) is 0 Å². The lowest BCUT2D eigenvalue weighted by molar-refractivity contribution is 0.0183. The van der Waals surface area contributed by atoms with Crippen LogP contribution in [0.2, 0.25) is 0 Å². The van der Waals surface area contributed by atoms with Crippen LogP contribution in [-0.4, -0.2) is 17.4 Å². The summed E-state index contributed by atoms with van der Waals surface area (Å²) in [6, 6.07) is 0. The number of carbonyl (C=O) groups is 1.